The van der Waals surface area contributed by atoms with Crippen molar-refractivity contribution < 1.29 is 23.9 Å². The van der Waals surface area contributed by atoms with E-state index in [-0.39, 0.29) is 48.6 Å². The number of carbonyl (C=O) groups excluding carboxylic acids is 4. The zero-order chi connectivity index (χ0) is 37.5. The monoisotopic (exact) mass is 735 g/mol. The maximum atomic E-state index is 15.0. The number of fused-ring (bicyclic) bond motifs is 1. The van der Waals surface area contributed by atoms with Gasteiger partial charge in [0.25, 0.3) is 0 Å². The lowest BCUT2D eigenvalue weighted by Gasteiger charge is -2.57. The van der Waals surface area contributed by atoms with Gasteiger partial charge in [0.15, 0.2) is 0 Å². The van der Waals surface area contributed by atoms with E-state index in [4.69, 9.17) is 4.74 Å². The second kappa shape index (κ2) is 14.8. The molecule has 3 amide bonds. The molecule has 4 aromatic carbocycles. The Morgan fingerprint density at radius 2 is 1.07 bits per heavy atom. The van der Waals surface area contributed by atoms with E-state index in [2.05, 4.69) is 40.2 Å². The van der Waals surface area contributed by atoms with Gasteiger partial charge in [-0.3, -0.25) is 19.2 Å². The van der Waals surface area contributed by atoms with Crippen LogP contribution in [0.15, 0.2) is 109 Å². The Balaban J connectivity index is 0.987. The van der Waals surface area contributed by atoms with E-state index in [1.165, 1.54) is 38.5 Å². The van der Waals surface area contributed by atoms with Crippen molar-refractivity contribution in [1.29, 1.82) is 0 Å². The van der Waals surface area contributed by atoms with Gasteiger partial charge in [-0.15, -0.1) is 0 Å². The molecule has 0 aliphatic heterocycles. The van der Waals surface area contributed by atoms with Gasteiger partial charge in [0.1, 0.15) is 19.2 Å². The Hall–Kier alpha value is -5.24. The first-order valence-corrected chi connectivity index (χ1v) is 20.1. The van der Waals surface area contributed by atoms with Crippen LogP contribution in [0, 0.1) is 35.0 Å². The highest BCUT2D eigenvalue weighted by molar-refractivity contribution is 5.95. The molecule has 3 N–H and O–H groups in total. The van der Waals surface area contributed by atoms with E-state index in [0.717, 1.165) is 51.1 Å². The molecule has 55 heavy (non-hydrogen) atoms. The van der Waals surface area contributed by atoms with Gasteiger partial charge < -0.3 is 20.7 Å². The van der Waals surface area contributed by atoms with E-state index in [1.807, 2.05) is 84.9 Å². The van der Waals surface area contributed by atoms with E-state index in [0.29, 0.717) is 6.54 Å². The normalized spacial score (nSPS) is 28.3. The molecule has 0 saturated heterocycles. The second-order valence-electron chi connectivity index (χ2n) is 17.0. The third-order valence-corrected chi connectivity index (χ3v) is 13.4. The molecule has 2 unspecified atom stereocenters. The van der Waals surface area contributed by atoms with Crippen LogP contribution in [0.25, 0.3) is 0 Å². The van der Waals surface area contributed by atoms with Gasteiger partial charge in [0.2, 0.25) is 17.7 Å². The van der Waals surface area contributed by atoms with Crippen LogP contribution < -0.4 is 16.0 Å². The van der Waals surface area contributed by atoms with Gasteiger partial charge in [-0.25, -0.2) is 0 Å². The van der Waals surface area contributed by atoms with Crippen LogP contribution in [0.4, 0.5) is 0 Å². The molecule has 6 bridgehead atoms. The van der Waals surface area contributed by atoms with E-state index < -0.39 is 29.8 Å². The molecule has 7 aliphatic rings. The quantitative estimate of drug-likeness (QED) is 0.145. The number of rotatable bonds is 12. The maximum absolute atomic E-state index is 15.0. The lowest BCUT2D eigenvalue weighted by molar-refractivity contribution is -0.145. The first-order chi connectivity index (χ1) is 26.8. The van der Waals surface area contributed by atoms with Gasteiger partial charge in [-0.2, -0.15) is 0 Å². The lowest BCUT2D eigenvalue weighted by atomic mass is 9.49. The standard InChI is InChI=1S/C47H49N3O5/c51-39(55-27-30-13-5-2-6-14-30)26-48-44(52)38(22-29-11-3-1-4-12-29)50-46(54)43-41-36-17-9-7-15-34(36)40(35-16-8-10-18-37(35)41)42(43)45(53)49-28-47-23-31-19-32(24-47)21-33(20-31)25-47/h1-18,31-33,38,40-43H,19-28H2,(H,48,52)(H,49,53)(H,50,54)/t31?,32?,33?,38-,40?,41?,42?,43?,47?/m0/s1. The van der Waals surface area contributed by atoms with Crippen molar-refractivity contribution in [3.05, 3.63) is 143 Å². The highest BCUT2D eigenvalue weighted by Crippen LogP contribution is 2.61. The smallest absolute Gasteiger partial charge is 0.325 e. The van der Waals surface area contributed by atoms with Gasteiger partial charge in [0, 0.05) is 24.8 Å². The molecule has 0 spiro atoms. The number of amides is 3. The van der Waals surface area contributed by atoms with Crippen molar-refractivity contribution in [2.75, 3.05) is 13.1 Å². The summed E-state index contributed by atoms with van der Waals surface area (Å²) in [6, 6.07) is 34.3. The summed E-state index contributed by atoms with van der Waals surface area (Å²) in [5.74, 6) is -1.24. The third-order valence-electron chi connectivity index (χ3n) is 13.4. The molecular formula is C47H49N3O5. The van der Waals surface area contributed by atoms with Gasteiger partial charge in [-0.05, 0) is 95.1 Å². The van der Waals surface area contributed by atoms with Crippen LogP contribution >= 0.6 is 0 Å². The van der Waals surface area contributed by atoms with Crippen molar-refractivity contribution in [2.24, 2.45) is 35.0 Å². The van der Waals surface area contributed by atoms with E-state index in [1.54, 1.807) is 0 Å². The highest BCUT2D eigenvalue weighted by atomic mass is 16.5. The van der Waals surface area contributed by atoms with E-state index in [9.17, 15) is 19.2 Å². The predicted molar refractivity (Wildman–Crippen MR) is 208 cm³/mol. The summed E-state index contributed by atoms with van der Waals surface area (Å²) in [6.45, 7) is 0.413. The minimum Gasteiger partial charge on any atom is -0.460 e. The summed E-state index contributed by atoms with van der Waals surface area (Å²) < 4.78 is 5.41. The number of hydrogen-bond acceptors (Lipinski definition) is 5. The zero-order valence-corrected chi connectivity index (χ0v) is 31.1. The number of benzene rings is 4. The van der Waals surface area contributed by atoms with Crippen LogP contribution in [0.3, 0.4) is 0 Å². The molecule has 4 saturated carbocycles. The Bertz CT molecular complexity index is 2000. The number of hydrogen-bond donors (Lipinski definition) is 3. The Morgan fingerprint density at radius 1 is 0.600 bits per heavy atom. The van der Waals surface area contributed by atoms with Crippen LogP contribution in [0.5, 0.6) is 0 Å². The SMILES string of the molecule is O=C(CNC(=O)[C@H](Cc1ccccc1)NC(=O)C1C2c3ccccc3C(c3ccccc32)C1C(=O)NCC12CC3CC(CC(C3)C1)C2)OCc1ccccc1. The zero-order valence-electron chi connectivity index (χ0n) is 31.1. The third kappa shape index (κ3) is 6.96. The molecule has 7 aliphatic carbocycles. The average molecular weight is 736 g/mol. The molecule has 11 rings (SSSR count). The molecule has 0 aromatic heterocycles. The summed E-state index contributed by atoms with van der Waals surface area (Å²) >= 11 is 0. The van der Waals surface area contributed by atoms with Crippen LogP contribution in [-0.2, 0) is 36.9 Å². The second-order valence-corrected chi connectivity index (χ2v) is 17.0. The molecule has 4 fully saturated rings. The molecule has 0 radical (unpaired) electrons. The molecular weight excluding hydrogens is 687 g/mol. The molecule has 4 aromatic rings. The topological polar surface area (TPSA) is 114 Å². The minimum absolute atomic E-state index is 0.0832. The van der Waals surface area contributed by atoms with Crippen LogP contribution in [-0.4, -0.2) is 42.8 Å². The summed E-state index contributed by atoms with van der Waals surface area (Å²) in [5, 5.41) is 9.30. The number of carbonyl (C=O) groups is 4. The first-order valence-electron chi connectivity index (χ1n) is 20.1. The van der Waals surface area contributed by atoms with Crippen LogP contribution in [0.2, 0.25) is 0 Å². The number of ether oxygens (including phenoxy) is 1. The molecule has 3 atom stereocenters. The summed E-state index contributed by atoms with van der Waals surface area (Å²) in [5.41, 5.74) is 6.16. The highest BCUT2D eigenvalue weighted by Gasteiger charge is 2.56. The van der Waals surface area contributed by atoms with Crippen LogP contribution in [0.1, 0.15) is 83.7 Å². The molecule has 8 heteroatoms. The van der Waals surface area contributed by atoms with Gasteiger partial charge in [-0.1, -0.05) is 109 Å². The number of nitrogens with one attached hydrogen (secondary N) is 3. The Labute approximate surface area is 322 Å². The van der Waals surface area contributed by atoms with E-state index >= 15 is 0 Å². The molecule has 282 valence electrons. The molecule has 8 nitrogen and oxygen atoms in total. The minimum atomic E-state index is -0.987. The van der Waals surface area contributed by atoms with Crippen molar-refractivity contribution in [1.82, 2.24) is 16.0 Å². The van der Waals surface area contributed by atoms with Gasteiger partial charge >= 0.3 is 5.97 Å². The first kappa shape index (κ1) is 35.5. The van der Waals surface area contributed by atoms with Crippen molar-refractivity contribution in [3.8, 4) is 0 Å². The average Bonchev–Trinajstić information content (AvgIpc) is 3.21. The Morgan fingerprint density at radius 3 is 1.60 bits per heavy atom. The van der Waals surface area contributed by atoms with Crippen molar-refractivity contribution in [2.45, 2.75) is 69.4 Å². The maximum Gasteiger partial charge on any atom is 0.325 e. The Kier molecular flexibility index (Phi) is 9.53. The fourth-order valence-electron chi connectivity index (χ4n) is 11.6. The van der Waals surface area contributed by atoms with Crippen molar-refractivity contribution >= 4 is 23.7 Å². The largest absolute Gasteiger partial charge is 0.460 e. The lowest BCUT2D eigenvalue weighted by Crippen LogP contribution is -2.58. The fraction of sp³-hybridized carbons (Fsp3) is 0.404. The summed E-state index contributed by atoms with van der Waals surface area (Å²) in [7, 11) is 0. The summed E-state index contributed by atoms with van der Waals surface area (Å²) in [4.78, 5) is 56.4. The fourth-order valence-corrected chi connectivity index (χ4v) is 11.6. The number of esters is 1. The van der Waals surface area contributed by atoms with Crippen molar-refractivity contribution in [3.63, 3.8) is 0 Å². The predicted octanol–water partition coefficient (Wildman–Crippen LogP) is 6.43. The molecule has 0 heterocycles. The van der Waals surface area contributed by atoms with Gasteiger partial charge in [0.05, 0.1) is 11.8 Å². The summed E-state index contributed by atoms with van der Waals surface area (Å²) in [6.07, 6.45) is 7.77.